The number of aromatic nitrogens is 2. The molecule has 6 heteroatoms. The van der Waals surface area contributed by atoms with Crippen molar-refractivity contribution in [2.75, 3.05) is 50.7 Å². The Balaban J connectivity index is 1.31. The van der Waals surface area contributed by atoms with Crippen molar-refractivity contribution < 1.29 is 4.79 Å². The van der Waals surface area contributed by atoms with Crippen LogP contribution in [-0.2, 0) is 4.79 Å². The number of rotatable bonds is 4. The Morgan fingerprint density at radius 1 is 0.929 bits per heavy atom. The molecule has 2 aliphatic heterocycles. The highest BCUT2D eigenvalue weighted by atomic mass is 16.2. The summed E-state index contributed by atoms with van der Waals surface area (Å²) in [6.45, 7) is 8.75. The van der Waals surface area contributed by atoms with Crippen molar-refractivity contribution in [3.63, 3.8) is 0 Å². The third-order valence-corrected chi connectivity index (χ3v) is 6.02. The second-order valence-corrected chi connectivity index (χ2v) is 7.66. The van der Waals surface area contributed by atoms with Crippen LogP contribution in [0.15, 0.2) is 42.5 Å². The number of hydrogen-bond donors (Lipinski definition) is 0. The fourth-order valence-electron chi connectivity index (χ4n) is 4.15. The molecule has 6 nitrogen and oxygen atoms in total. The number of benzene rings is 1. The summed E-state index contributed by atoms with van der Waals surface area (Å²) in [5, 5.41) is 8.83. The molecule has 0 bridgehead atoms. The highest BCUT2D eigenvalue weighted by Crippen LogP contribution is 2.25. The molecule has 4 rings (SSSR count). The lowest BCUT2D eigenvalue weighted by molar-refractivity contribution is -0.137. The number of piperazine rings is 1. The molecule has 0 spiro atoms. The fraction of sp³-hybridized carbons (Fsp3) is 0.500. The standard InChI is InChI=1S/C22H29N5O/c1-2-25-14-16-27(17-15-25)22(28)19-10-12-26(13-11-19)21-9-8-20(23-24-21)18-6-4-3-5-7-18/h3-9,19H,2,10-17H2,1H3. The van der Waals surface area contributed by atoms with Crippen molar-refractivity contribution in [3.05, 3.63) is 42.5 Å². The van der Waals surface area contributed by atoms with E-state index in [1.54, 1.807) is 0 Å². The van der Waals surface area contributed by atoms with Gasteiger partial charge in [0.05, 0.1) is 5.69 Å². The average molecular weight is 380 g/mol. The Labute approximate surface area is 167 Å². The van der Waals surface area contributed by atoms with Crippen molar-refractivity contribution in [2.45, 2.75) is 19.8 Å². The Morgan fingerprint density at radius 2 is 1.64 bits per heavy atom. The summed E-state index contributed by atoms with van der Waals surface area (Å²) >= 11 is 0. The lowest BCUT2D eigenvalue weighted by Crippen LogP contribution is -2.51. The number of amides is 1. The maximum Gasteiger partial charge on any atom is 0.225 e. The Morgan fingerprint density at radius 3 is 2.25 bits per heavy atom. The van der Waals surface area contributed by atoms with Gasteiger partial charge in [-0.1, -0.05) is 37.3 Å². The van der Waals surface area contributed by atoms with Gasteiger partial charge in [0, 0.05) is 50.7 Å². The molecule has 2 aliphatic rings. The molecule has 1 aromatic carbocycles. The lowest BCUT2D eigenvalue weighted by Gasteiger charge is -2.38. The number of anilines is 1. The first kappa shape index (κ1) is 18.9. The molecule has 3 heterocycles. The molecule has 2 aromatic rings. The first-order valence-corrected chi connectivity index (χ1v) is 10.4. The topological polar surface area (TPSA) is 52.6 Å². The van der Waals surface area contributed by atoms with Crippen LogP contribution in [0.4, 0.5) is 5.82 Å². The summed E-state index contributed by atoms with van der Waals surface area (Å²) in [6.07, 6.45) is 1.80. The average Bonchev–Trinajstić information content (AvgIpc) is 2.79. The van der Waals surface area contributed by atoms with Gasteiger partial charge in [0.1, 0.15) is 0 Å². The van der Waals surface area contributed by atoms with Gasteiger partial charge in [-0.2, -0.15) is 0 Å². The van der Waals surface area contributed by atoms with Gasteiger partial charge in [-0.05, 0) is 31.5 Å². The molecular weight excluding hydrogens is 350 g/mol. The first-order chi connectivity index (χ1) is 13.7. The monoisotopic (exact) mass is 379 g/mol. The van der Waals surface area contributed by atoms with Gasteiger partial charge in [-0.15, -0.1) is 10.2 Å². The quantitative estimate of drug-likeness (QED) is 0.817. The summed E-state index contributed by atoms with van der Waals surface area (Å²) in [7, 11) is 0. The second-order valence-electron chi connectivity index (χ2n) is 7.66. The van der Waals surface area contributed by atoms with Crippen LogP contribution in [0, 0.1) is 5.92 Å². The number of hydrogen-bond acceptors (Lipinski definition) is 5. The zero-order valence-electron chi connectivity index (χ0n) is 16.6. The van der Waals surface area contributed by atoms with E-state index < -0.39 is 0 Å². The smallest absolute Gasteiger partial charge is 0.225 e. The number of carbonyl (C=O) groups is 1. The van der Waals surface area contributed by atoms with Gasteiger partial charge in [0.2, 0.25) is 5.91 Å². The molecule has 1 amide bonds. The number of nitrogens with zero attached hydrogens (tertiary/aromatic N) is 5. The van der Waals surface area contributed by atoms with E-state index in [0.29, 0.717) is 5.91 Å². The maximum absolute atomic E-state index is 12.9. The van der Waals surface area contributed by atoms with Gasteiger partial charge >= 0.3 is 0 Å². The summed E-state index contributed by atoms with van der Waals surface area (Å²) in [6, 6.07) is 14.2. The van der Waals surface area contributed by atoms with E-state index >= 15 is 0 Å². The van der Waals surface area contributed by atoms with Crippen molar-refractivity contribution in [1.82, 2.24) is 20.0 Å². The first-order valence-electron chi connectivity index (χ1n) is 10.4. The minimum atomic E-state index is 0.154. The van der Waals surface area contributed by atoms with Crippen LogP contribution in [0.25, 0.3) is 11.3 Å². The second kappa shape index (κ2) is 8.69. The minimum Gasteiger partial charge on any atom is -0.355 e. The Kier molecular flexibility index (Phi) is 5.86. The van der Waals surface area contributed by atoms with Crippen LogP contribution < -0.4 is 4.90 Å². The maximum atomic E-state index is 12.9. The summed E-state index contributed by atoms with van der Waals surface area (Å²) in [5.41, 5.74) is 1.97. The molecular formula is C22H29N5O. The summed E-state index contributed by atoms with van der Waals surface area (Å²) in [4.78, 5) is 19.6. The molecule has 0 atom stereocenters. The number of piperidine rings is 1. The van der Waals surface area contributed by atoms with Gasteiger partial charge in [-0.3, -0.25) is 4.79 Å². The van der Waals surface area contributed by atoms with E-state index in [9.17, 15) is 4.79 Å². The van der Waals surface area contributed by atoms with E-state index in [1.807, 2.05) is 42.5 Å². The minimum absolute atomic E-state index is 0.154. The molecule has 0 N–H and O–H groups in total. The van der Waals surface area contributed by atoms with Crippen molar-refractivity contribution in [1.29, 1.82) is 0 Å². The largest absolute Gasteiger partial charge is 0.355 e. The molecule has 0 radical (unpaired) electrons. The van der Waals surface area contributed by atoms with Crippen molar-refractivity contribution >= 4 is 11.7 Å². The van der Waals surface area contributed by atoms with E-state index in [-0.39, 0.29) is 5.92 Å². The van der Waals surface area contributed by atoms with E-state index in [4.69, 9.17) is 0 Å². The van der Waals surface area contributed by atoms with Crippen LogP contribution >= 0.6 is 0 Å². The molecule has 148 valence electrons. The lowest BCUT2D eigenvalue weighted by atomic mass is 9.95. The molecule has 28 heavy (non-hydrogen) atoms. The number of carbonyl (C=O) groups excluding carboxylic acids is 1. The molecule has 2 saturated heterocycles. The SMILES string of the molecule is CCN1CCN(C(=O)C2CCN(c3ccc(-c4ccccc4)nn3)CC2)CC1. The van der Waals surface area contributed by atoms with E-state index in [1.165, 1.54) is 0 Å². The normalized spacial score (nSPS) is 19.0. The van der Waals surface area contributed by atoms with Crippen LogP contribution in [0.2, 0.25) is 0 Å². The zero-order valence-corrected chi connectivity index (χ0v) is 16.6. The van der Waals surface area contributed by atoms with Crippen LogP contribution in [-0.4, -0.2) is 71.7 Å². The van der Waals surface area contributed by atoms with Gasteiger partial charge in [0.25, 0.3) is 0 Å². The Bertz CT molecular complexity index is 763. The van der Waals surface area contributed by atoms with Crippen LogP contribution in [0.1, 0.15) is 19.8 Å². The number of likely N-dealkylation sites (N-methyl/N-ethyl adjacent to an activating group) is 1. The van der Waals surface area contributed by atoms with Crippen LogP contribution in [0.3, 0.4) is 0 Å². The third-order valence-electron chi connectivity index (χ3n) is 6.02. The van der Waals surface area contributed by atoms with Crippen molar-refractivity contribution in [3.8, 4) is 11.3 Å². The summed E-state index contributed by atoms with van der Waals surface area (Å²) < 4.78 is 0. The van der Waals surface area contributed by atoms with Gasteiger partial charge < -0.3 is 14.7 Å². The zero-order chi connectivity index (χ0) is 19.3. The van der Waals surface area contributed by atoms with E-state index in [2.05, 4.69) is 31.8 Å². The predicted molar refractivity (Wildman–Crippen MR) is 111 cm³/mol. The molecule has 2 fully saturated rings. The van der Waals surface area contributed by atoms with Crippen LogP contribution in [0.5, 0.6) is 0 Å². The Hall–Kier alpha value is -2.47. The highest BCUT2D eigenvalue weighted by Gasteiger charge is 2.30. The van der Waals surface area contributed by atoms with Gasteiger partial charge in [-0.25, -0.2) is 0 Å². The van der Waals surface area contributed by atoms with Crippen molar-refractivity contribution in [2.24, 2.45) is 5.92 Å². The molecule has 0 unspecified atom stereocenters. The predicted octanol–water partition coefficient (Wildman–Crippen LogP) is 2.52. The molecule has 0 aliphatic carbocycles. The van der Waals surface area contributed by atoms with Gasteiger partial charge in [0.15, 0.2) is 5.82 Å². The summed E-state index contributed by atoms with van der Waals surface area (Å²) in [5.74, 6) is 1.41. The molecule has 0 saturated carbocycles. The van der Waals surface area contributed by atoms with E-state index in [0.717, 1.165) is 75.7 Å². The molecule has 1 aromatic heterocycles. The fourth-order valence-corrected chi connectivity index (χ4v) is 4.15. The highest BCUT2D eigenvalue weighted by molar-refractivity contribution is 5.79. The third kappa shape index (κ3) is 4.17.